The Balaban J connectivity index is 2.06. The number of anilines is 1. The van der Waals surface area contributed by atoms with Gasteiger partial charge in [-0.2, -0.15) is 0 Å². The van der Waals surface area contributed by atoms with Crippen molar-refractivity contribution in [2.45, 2.75) is 6.54 Å². The summed E-state index contributed by atoms with van der Waals surface area (Å²) in [5.74, 6) is -0.929. The molecule has 2 N–H and O–H groups in total. The van der Waals surface area contributed by atoms with E-state index in [9.17, 15) is 4.79 Å². The lowest BCUT2D eigenvalue weighted by atomic mass is 10.2. The number of carboxylic acids is 1. The van der Waals surface area contributed by atoms with Crippen LogP contribution in [0.2, 0.25) is 5.02 Å². The predicted molar refractivity (Wildman–Crippen MR) is 72.2 cm³/mol. The third-order valence-electron chi connectivity index (χ3n) is 2.50. The number of rotatable bonds is 4. The second-order valence-electron chi connectivity index (χ2n) is 3.87. The predicted octanol–water partition coefficient (Wildman–Crippen LogP) is 3.65. The highest BCUT2D eigenvalue weighted by Crippen LogP contribution is 2.14. The van der Waals surface area contributed by atoms with Gasteiger partial charge in [-0.1, -0.05) is 29.8 Å². The van der Waals surface area contributed by atoms with Crippen molar-refractivity contribution in [3.05, 3.63) is 64.7 Å². The summed E-state index contributed by atoms with van der Waals surface area (Å²) in [6, 6.07) is 14.2. The number of carboxylic acid groups (broad SMARTS) is 1. The second kappa shape index (κ2) is 5.56. The fourth-order valence-electron chi connectivity index (χ4n) is 1.61. The van der Waals surface area contributed by atoms with Crippen LogP contribution in [0.1, 0.15) is 15.9 Å². The van der Waals surface area contributed by atoms with Crippen LogP contribution in [0, 0.1) is 0 Å². The van der Waals surface area contributed by atoms with E-state index < -0.39 is 5.97 Å². The summed E-state index contributed by atoms with van der Waals surface area (Å²) >= 11 is 5.89. The van der Waals surface area contributed by atoms with Crippen LogP contribution < -0.4 is 5.32 Å². The number of hydrogen-bond donors (Lipinski definition) is 2. The quantitative estimate of drug-likeness (QED) is 0.883. The Hall–Kier alpha value is -2.00. The van der Waals surface area contributed by atoms with Gasteiger partial charge in [-0.3, -0.25) is 0 Å². The molecule has 92 valence electrons. The first-order valence-corrected chi connectivity index (χ1v) is 5.84. The van der Waals surface area contributed by atoms with Gasteiger partial charge in [0.15, 0.2) is 0 Å². The highest BCUT2D eigenvalue weighted by Gasteiger charge is 2.02. The van der Waals surface area contributed by atoms with Crippen LogP contribution >= 0.6 is 11.6 Å². The smallest absolute Gasteiger partial charge is 0.335 e. The molecule has 0 saturated carbocycles. The molecule has 0 bridgehead atoms. The van der Waals surface area contributed by atoms with Crippen LogP contribution in [0.5, 0.6) is 0 Å². The summed E-state index contributed by atoms with van der Waals surface area (Å²) in [4.78, 5) is 10.8. The minimum absolute atomic E-state index is 0.270. The van der Waals surface area contributed by atoms with Crippen LogP contribution in [-0.4, -0.2) is 11.1 Å². The number of carbonyl (C=O) groups is 1. The molecular formula is C14H12ClNO2. The van der Waals surface area contributed by atoms with Crippen LogP contribution in [0.4, 0.5) is 5.69 Å². The molecule has 0 unspecified atom stereocenters. The van der Waals surface area contributed by atoms with Gasteiger partial charge in [0.25, 0.3) is 0 Å². The number of nitrogens with one attached hydrogen (secondary N) is 1. The van der Waals surface area contributed by atoms with Crippen LogP contribution in [0.25, 0.3) is 0 Å². The molecule has 2 aromatic rings. The summed E-state index contributed by atoms with van der Waals surface area (Å²) in [7, 11) is 0. The largest absolute Gasteiger partial charge is 0.478 e. The van der Waals surface area contributed by atoms with E-state index >= 15 is 0 Å². The minimum Gasteiger partial charge on any atom is -0.478 e. The van der Waals surface area contributed by atoms with Crippen molar-refractivity contribution in [1.82, 2.24) is 0 Å². The SMILES string of the molecule is O=C(O)c1cccc(NCc2cccc(Cl)c2)c1. The van der Waals surface area contributed by atoms with Crippen molar-refractivity contribution in [2.75, 3.05) is 5.32 Å². The summed E-state index contributed by atoms with van der Waals surface area (Å²) in [5, 5.41) is 12.7. The van der Waals surface area contributed by atoms with Crippen molar-refractivity contribution < 1.29 is 9.90 Å². The molecule has 0 radical (unpaired) electrons. The molecule has 0 saturated heterocycles. The molecule has 0 aliphatic heterocycles. The van der Waals surface area contributed by atoms with Crippen LogP contribution in [-0.2, 0) is 6.54 Å². The number of halogens is 1. The molecule has 4 heteroatoms. The number of hydrogen-bond acceptors (Lipinski definition) is 2. The lowest BCUT2D eigenvalue weighted by molar-refractivity contribution is 0.0697. The molecule has 0 spiro atoms. The van der Waals surface area contributed by atoms with Crippen LogP contribution in [0.3, 0.4) is 0 Å². The second-order valence-corrected chi connectivity index (χ2v) is 4.31. The lowest BCUT2D eigenvalue weighted by Gasteiger charge is -2.07. The standard InChI is InChI=1S/C14H12ClNO2/c15-12-5-1-3-10(7-12)9-16-13-6-2-4-11(8-13)14(17)18/h1-8,16H,9H2,(H,17,18). The van der Waals surface area contributed by atoms with Gasteiger partial charge < -0.3 is 10.4 Å². The van der Waals surface area contributed by atoms with Gasteiger partial charge in [-0.25, -0.2) is 4.79 Å². The lowest BCUT2D eigenvalue weighted by Crippen LogP contribution is -2.01. The van der Waals surface area contributed by atoms with Gasteiger partial charge >= 0.3 is 5.97 Å². The highest BCUT2D eigenvalue weighted by atomic mass is 35.5. The molecule has 3 nitrogen and oxygen atoms in total. The molecule has 18 heavy (non-hydrogen) atoms. The van der Waals surface area contributed by atoms with Gasteiger partial charge in [0.2, 0.25) is 0 Å². The summed E-state index contributed by atoms with van der Waals surface area (Å²) in [6.07, 6.45) is 0. The zero-order valence-electron chi connectivity index (χ0n) is 9.56. The average Bonchev–Trinajstić information content (AvgIpc) is 2.37. The van der Waals surface area contributed by atoms with Gasteiger partial charge in [0.1, 0.15) is 0 Å². The summed E-state index contributed by atoms with van der Waals surface area (Å²) in [6.45, 7) is 0.601. The van der Waals surface area contributed by atoms with E-state index in [4.69, 9.17) is 16.7 Å². The molecule has 0 aliphatic rings. The zero-order chi connectivity index (χ0) is 13.0. The van der Waals surface area contributed by atoms with Gasteiger partial charge in [-0.15, -0.1) is 0 Å². The molecule has 0 aromatic heterocycles. The molecule has 0 aliphatic carbocycles. The highest BCUT2D eigenvalue weighted by molar-refractivity contribution is 6.30. The van der Waals surface area contributed by atoms with Crippen molar-refractivity contribution in [3.63, 3.8) is 0 Å². The maximum atomic E-state index is 10.8. The Labute approximate surface area is 110 Å². The topological polar surface area (TPSA) is 49.3 Å². The fourth-order valence-corrected chi connectivity index (χ4v) is 1.83. The fraction of sp³-hybridized carbons (Fsp3) is 0.0714. The molecule has 2 aromatic carbocycles. The maximum absolute atomic E-state index is 10.8. The normalized spacial score (nSPS) is 10.1. The third kappa shape index (κ3) is 3.25. The molecule has 0 heterocycles. The first kappa shape index (κ1) is 12.5. The van der Waals surface area contributed by atoms with E-state index in [-0.39, 0.29) is 5.56 Å². The van der Waals surface area contributed by atoms with Gasteiger partial charge in [0, 0.05) is 17.3 Å². The van der Waals surface area contributed by atoms with E-state index in [1.54, 1.807) is 18.2 Å². The Morgan fingerprint density at radius 1 is 1.17 bits per heavy atom. The zero-order valence-corrected chi connectivity index (χ0v) is 10.3. The van der Waals surface area contributed by atoms with Crippen molar-refractivity contribution in [1.29, 1.82) is 0 Å². The van der Waals surface area contributed by atoms with Gasteiger partial charge in [-0.05, 0) is 35.9 Å². The monoisotopic (exact) mass is 261 g/mol. The van der Waals surface area contributed by atoms with E-state index in [0.29, 0.717) is 11.6 Å². The maximum Gasteiger partial charge on any atom is 0.335 e. The van der Waals surface area contributed by atoms with Crippen LogP contribution in [0.15, 0.2) is 48.5 Å². The third-order valence-corrected chi connectivity index (χ3v) is 2.73. The molecule has 0 fully saturated rings. The minimum atomic E-state index is -0.929. The van der Waals surface area contributed by atoms with E-state index in [1.807, 2.05) is 30.3 Å². The average molecular weight is 262 g/mol. The van der Waals surface area contributed by atoms with Crippen molar-refractivity contribution in [3.8, 4) is 0 Å². The van der Waals surface area contributed by atoms with Crippen molar-refractivity contribution in [2.24, 2.45) is 0 Å². The first-order chi connectivity index (χ1) is 8.65. The molecule has 0 amide bonds. The Kier molecular flexibility index (Phi) is 3.85. The Morgan fingerprint density at radius 2 is 1.94 bits per heavy atom. The Bertz CT molecular complexity index is 569. The van der Waals surface area contributed by atoms with Crippen molar-refractivity contribution >= 4 is 23.3 Å². The first-order valence-electron chi connectivity index (χ1n) is 5.47. The Morgan fingerprint density at radius 3 is 2.67 bits per heavy atom. The van der Waals surface area contributed by atoms with E-state index in [0.717, 1.165) is 11.3 Å². The van der Waals surface area contributed by atoms with Gasteiger partial charge in [0.05, 0.1) is 5.56 Å². The molecule has 0 atom stereocenters. The molecular weight excluding hydrogens is 250 g/mol. The van der Waals surface area contributed by atoms with E-state index in [1.165, 1.54) is 0 Å². The summed E-state index contributed by atoms with van der Waals surface area (Å²) in [5.41, 5.74) is 2.09. The van der Waals surface area contributed by atoms with E-state index in [2.05, 4.69) is 5.32 Å². The summed E-state index contributed by atoms with van der Waals surface area (Å²) < 4.78 is 0. The number of benzene rings is 2. The molecule has 2 rings (SSSR count). The number of aromatic carboxylic acids is 1.